The van der Waals surface area contributed by atoms with Gasteiger partial charge < -0.3 is 5.11 Å². The van der Waals surface area contributed by atoms with E-state index in [4.69, 9.17) is 0 Å². The van der Waals surface area contributed by atoms with Gasteiger partial charge in [-0.2, -0.15) is 0 Å². The van der Waals surface area contributed by atoms with Crippen molar-refractivity contribution < 1.29 is 9.90 Å². The van der Waals surface area contributed by atoms with Crippen LogP contribution in [0.5, 0.6) is 0 Å². The normalized spacial score (nSPS) is 15.0. The SMILES string of the molecule is CC(C)[C@@H](C(=O)[C@@H](C)[C@H](C)O)N(Cc1ccccc1)Cc1ccccc1. The van der Waals surface area contributed by atoms with E-state index >= 15 is 0 Å². The lowest BCUT2D eigenvalue weighted by atomic mass is 9.87. The van der Waals surface area contributed by atoms with E-state index in [-0.39, 0.29) is 23.7 Å². The number of nitrogens with zero attached hydrogens (tertiary/aromatic N) is 1. The molecule has 0 aliphatic rings. The van der Waals surface area contributed by atoms with E-state index < -0.39 is 6.10 Å². The fraction of sp³-hybridized carbons (Fsp3) is 0.435. The van der Waals surface area contributed by atoms with Crippen molar-refractivity contribution in [1.82, 2.24) is 4.90 Å². The fourth-order valence-electron chi connectivity index (χ4n) is 3.33. The van der Waals surface area contributed by atoms with Crippen molar-refractivity contribution in [3.63, 3.8) is 0 Å². The van der Waals surface area contributed by atoms with Crippen LogP contribution in [0.15, 0.2) is 60.7 Å². The molecule has 0 spiro atoms. The van der Waals surface area contributed by atoms with Gasteiger partial charge in [-0.05, 0) is 24.0 Å². The van der Waals surface area contributed by atoms with Crippen molar-refractivity contribution in [3.8, 4) is 0 Å². The Bertz CT molecular complexity index is 626. The summed E-state index contributed by atoms with van der Waals surface area (Å²) in [7, 11) is 0. The Morgan fingerprint density at radius 3 is 1.62 bits per heavy atom. The maximum Gasteiger partial charge on any atom is 0.155 e. The van der Waals surface area contributed by atoms with E-state index in [0.717, 1.165) is 0 Å². The summed E-state index contributed by atoms with van der Waals surface area (Å²) in [6, 6.07) is 20.3. The second kappa shape index (κ2) is 9.65. The highest BCUT2D eigenvalue weighted by Gasteiger charge is 2.33. The summed E-state index contributed by atoms with van der Waals surface area (Å²) in [6.45, 7) is 9.10. The van der Waals surface area contributed by atoms with Crippen LogP contribution in [0, 0.1) is 11.8 Å². The zero-order valence-electron chi connectivity index (χ0n) is 16.3. The molecule has 26 heavy (non-hydrogen) atoms. The highest BCUT2D eigenvalue weighted by molar-refractivity contribution is 5.86. The number of hydrogen-bond acceptors (Lipinski definition) is 3. The molecule has 140 valence electrons. The van der Waals surface area contributed by atoms with Crippen LogP contribution in [-0.4, -0.2) is 27.9 Å². The minimum absolute atomic E-state index is 0.113. The molecule has 0 fully saturated rings. The molecule has 0 unspecified atom stereocenters. The molecular weight excluding hydrogens is 322 g/mol. The highest BCUT2D eigenvalue weighted by Crippen LogP contribution is 2.23. The summed E-state index contributed by atoms with van der Waals surface area (Å²) in [5, 5.41) is 9.94. The average Bonchev–Trinajstić information content (AvgIpc) is 2.62. The first-order chi connectivity index (χ1) is 12.4. The number of rotatable bonds is 9. The first-order valence-electron chi connectivity index (χ1n) is 9.43. The average molecular weight is 354 g/mol. The topological polar surface area (TPSA) is 40.5 Å². The summed E-state index contributed by atoms with van der Waals surface area (Å²) in [6.07, 6.45) is -0.640. The number of hydrogen-bond donors (Lipinski definition) is 1. The molecule has 0 saturated heterocycles. The molecule has 0 aromatic heterocycles. The van der Waals surface area contributed by atoms with Crippen LogP contribution < -0.4 is 0 Å². The molecule has 0 saturated carbocycles. The summed E-state index contributed by atoms with van der Waals surface area (Å²) in [5.74, 6) is -0.102. The maximum atomic E-state index is 13.1. The Kier molecular flexibility index (Phi) is 7.55. The summed E-state index contributed by atoms with van der Waals surface area (Å²) in [5.41, 5.74) is 2.37. The lowest BCUT2D eigenvalue weighted by molar-refractivity contribution is -0.133. The number of Topliss-reactive ketones (excluding diaryl/α,β-unsaturated/α-hetero) is 1. The van der Waals surface area contributed by atoms with Crippen molar-refractivity contribution in [2.75, 3.05) is 0 Å². The standard InChI is InChI=1S/C23H31NO2/c1-17(2)22(23(26)18(3)19(4)25)24(15-20-11-7-5-8-12-20)16-21-13-9-6-10-14-21/h5-14,17-19,22,25H,15-16H2,1-4H3/t18-,19-,22-/m0/s1. The Morgan fingerprint density at radius 2 is 1.27 bits per heavy atom. The van der Waals surface area contributed by atoms with Gasteiger partial charge in [-0.25, -0.2) is 0 Å². The van der Waals surface area contributed by atoms with Gasteiger partial charge in [0.25, 0.3) is 0 Å². The summed E-state index contributed by atoms with van der Waals surface area (Å²) < 4.78 is 0. The third-order valence-corrected chi connectivity index (χ3v) is 4.95. The number of benzene rings is 2. The molecule has 0 bridgehead atoms. The zero-order chi connectivity index (χ0) is 19.1. The lowest BCUT2D eigenvalue weighted by Gasteiger charge is -2.35. The molecule has 0 radical (unpaired) electrons. The van der Waals surface area contributed by atoms with Crippen molar-refractivity contribution >= 4 is 5.78 Å². The number of ketones is 1. The smallest absolute Gasteiger partial charge is 0.155 e. The molecule has 2 rings (SSSR count). The van der Waals surface area contributed by atoms with Crippen LogP contribution in [0.3, 0.4) is 0 Å². The van der Waals surface area contributed by atoms with Gasteiger partial charge >= 0.3 is 0 Å². The second-order valence-electron chi connectivity index (χ2n) is 7.50. The first kappa shape index (κ1) is 20.3. The van der Waals surface area contributed by atoms with Gasteiger partial charge in [0.2, 0.25) is 0 Å². The van der Waals surface area contributed by atoms with E-state index in [1.165, 1.54) is 11.1 Å². The van der Waals surface area contributed by atoms with Crippen LogP contribution in [0.4, 0.5) is 0 Å². The van der Waals surface area contributed by atoms with Crippen molar-refractivity contribution in [2.45, 2.75) is 52.9 Å². The third-order valence-electron chi connectivity index (χ3n) is 4.95. The van der Waals surface area contributed by atoms with Gasteiger partial charge in [-0.1, -0.05) is 81.4 Å². The molecule has 0 aliphatic carbocycles. The Labute approximate surface area is 157 Å². The monoisotopic (exact) mass is 353 g/mol. The van der Waals surface area contributed by atoms with Gasteiger partial charge in [0.05, 0.1) is 12.1 Å². The predicted octanol–water partition coefficient (Wildman–Crippen LogP) is 4.30. The van der Waals surface area contributed by atoms with Crippen molar-refractivity contribution in [1.29, 1.82) is 0 Å². The Morgan fingerprint density at radius 1 is 0.846 bits per heavy atom. The van der Waals surface area contributed by atoms with Crippen LogP contribution in [0.1, 0.15) is 38.8 Å². The van der Waals surface area contributed by atoms with Gasteiger partial charge in [-0.15, -0.1) is 0 Å². The van der Waals surface area contributed by atoms with Crippen molar-refractivity contribution in [3.05, 3.63) is 71.8 Å². The predicted molar refractivity (Wildman–Crippen MR) is 107 cm³/mol. The van der Waals surface area contributed by atoms with Gasteiger partial charge in [0, 0.05) is 19.0 Å². The van der Waals surface area contributed by atoms with E-state index in [1.54, 1.807) is 6.92 Å². The number of carbonyl (C=O) groups excluding carboxylic acids is 1. The largest absolute Gasteiger partial charge is 0.393 e. The van der Waals surface area contributed by atoms with Gasteiger partial charge in [0.1, 0.15) is 0 Å². The summed E-state index contributed by atoms with van der Waals surface area (Å²) >= 11 is 0. The Hall–Kier alpha value is -1.97. The quantitative estimate of drug-likeness (QED) is 0.731. The van der Waals surface area contributed by atoms with Crippen molar-refractivity contribution in [2.24, 2.45) is 11.8 Å². The first-order valence-corrected chi connectivity index (χ1v) is 9.43. The zero-order valence-corrected chi connectivity index (χ0v) is 16.3. The molecule has 0 heterocycles. The lowest BCUT2D eigenvalue weighted by Crippen LogP contribution is -2.47. The molecule has 3 nitrogen and oxygen atoms in total. The van der Waals surface area contributed by atoms with Crippen LogP contribution in [0.2, 0.25) is 0 Å². The van der Waals surface area contributed by atoms with Crippen LogP contribution >= 0.6 is 0 Å². The third kappa shape index (κ3) is 5.52. The minimum atomic E-state index is -0.640. The van der Waals surface area contributed by atoms with E-state index in [1.807, 2.05) is 43.3 Å². The molecule has 0 amide bonds. The summed E-state index contributed by atoms with van der Waals surface area (Å²) in [4.78, 5) is 15.4. The molecular formula is C23H31NO2. The minimum Gasteiger partial charge on any atom is -0.393 e. The number of carbonyl (C=O) groups is 1. The van der Waals surface area contributed by atoms with E-state index in [0.29, 0.717) is 13.1 Å². The molecule has 3 heteroatoms. The number of aliphatic hydroxyl groups is 1. The maximum absolute atomic E-state index is 13.1. The van der Waals surface area contributed by atoms with Crippen LogP contribution in [-0.2, 0) is 17.9 Å². The number of aliphatic hydroxyl groups excluding tert-OH is 1. The molecule has 2 aromatic rings. The molecule has 1 N–H and O–H groups in total. The molecule has 0 aliphatic heterocycles. The second-order valence-corrected chi connectivity index (χ2v) is 7.50. The van der Waals surface area contributed by atoms with Gasteiger partial charge in [0.15, 0.2) is 5.78 Å². The van der Waals surface area contributed by atoms with Gasteiger partial charge in [-0.3, -0.25) is 9.69 Å². The van der Waals surface area contributed by atoms with E-state index in [9.17, 15) is 9.90 Å². The Balaban J connectivity index is 2.33. The van der Waals surface area contributed by atoms with E-state index in [2.05, 4.69) is 43.0 Å². The highest BCUT2D eigenvalue weighted by atomic mass is 16.3. The van der Waals surface area contributed by atoms with Crippen LogP contribution in [0.25, 0.3) is 0 Å². The fourth-order valence-corrected chi connectivity index (χ4v) is 3.33. The molecule has 2 aromatic carbocycles. The molecule has 3 atom stereocenters.